The number of allylic oxidation sites excluding steroid dienone is 1. The molecule has 4 aliphatic carbocycles. The fraction of sp³-hybridized carbons (Fsp3) is 0.750. The minimum absolute atomic E-state index is 0.0311. The number of hydrogen-bond acceptors (Lipinski definition) is 4. The SMILES string of the molecule is CC(C)CCC[C@@H](C)[C@H]1CC[C@H]2[C@@H]3CC=C4C[C@@H](O)CC[C@]4(C)[C@H]3CC[C@]12C.O=C(O)C(Cc1ccc(O)cc1)NP(=O)(O)O. The van der Waals surface area contributed by atoms with Gasteiger partial charge >= 0.3 is 13.7 Å². The Morgan fingerprint density at radius 1 is 1.00 bits per heavy atom. The van der Waals surface area contributed by atoms with Crippen LogP contribution in [-0.2, 0) is 15.8 Å². The number of nitrogens with one attached hydrogen (secondary N) is 1. The van der Waals surface area contributed by atoms with Crippen molar-refractivity contribution in [1.82, 2.24) is 5.09 Å². The third kappa shape index (κ3) is 8.61. The molecule has 0 spiro atoms. The molecule has 0 saturated heterocycles. The maximum Gasteiger partial charge on any atom is 0.401 e. The Bertz CT molecular complexity index is 1230. The first-order valence-corrected chi connectivity index (χ1v) is 18.9. The van der Waals surface area contributed by atoms with E-state index in [1.54, 1.807) is 10.7 Å². The molecule has 0 bridgehead atoms. The number of rotatable bonds is 10. The third-order valence-electron chi connectivity index (χ3n) is 12.3. The van der Waals surface area contributed by atoms with E-state index in [0.717, 1.165) is 48.3 Å². The van der Waals surface area contributed by atoms with Crippen molar-refractivity contribution in [2.24, 2.45) is 46.3 Å². The number of aliphatic hydroxyl groups excluding tert-OH is 1. The Kier molecular flexibility index (Phi) is 11.7. The third-order valence-corrected chi connectivity index (χ3v) is 12.9. The Balaban J connectivity index is 0.000000233. The van der Waals surface area contributed by atoms with E-state index in [4.69, 9.17) is 20.0 Å². The predicted octanol–water partition coefficient (Wildman–Crippen LogP) is 7.46. The first-order valence-electron chi connectivity index (χ1n) is 17.2. The molecule has 0 amide bonds. The number of aliphatic carboxylic acids is 1. The van der Waals surface area contributed by atoms with E-state index in [1.165, 1.54) is 82.1 Å². The number of carboxylic acid groups (broad SMARTS) is 1. The molecular formula is C36H58NO7P. The predicted molar refractivity (Wildman–Crippen MR) is 177 cm³/mol. The number of hydrogen-bond donors (Lipinski definition) is 6. The van der Waals surface area contributed by atoms with Gasteiger partial charge < -0.3 is 25.1 Å². The van der Waals surface area contributed by atoms with Crippen LogP contribution in [0.5, 0.6) is 5.75 Å². The van der Waals surface area contributed by atoms with Gasteiger partial charge in [-0.05, 0) is 122 Å². The normalized spacial score (nSPS) is 34.0. The summed E-state index contributed by atoms with van der Waals surface area (Å²) in [6, 6.07) is 4.30. The molecule has 0 radical (unpaired) electrons. The van der Waals surface area contributed by atoms with Crippen LogP contribution in [0.1, 0.15) is 111 Å². The number of benzene rings is 1. The lowest BCUT2D eigenvalue weighted by molar-refractivity contribution is -0.139. The van der Waals surface area contributed by atoms with Crippen molar-refractivity contribution in [2.75, 3.05) is 0 Å². The molecule has 9 heteroatoms. The van der Waals surface area contributed by atoms with Gasteiger partial charge in [0.25, 0.3) is 0 Å². The highest BCUT2D eigenvalue weighted by atomic mass is 31.2. The van der Waals surface area contributed by atoms with E-state index in [2.05, 4.69) is 40.7 Å². The van der Waals surface area contributed by atoms with E-state index in [0.29, 0.717) is 16.4 Å². The zero-order valence-corrected chi connectivity index (χ0v) is 28.9. The zero-order valence-electron chi connectivity index (χ0n) is 28.0. The second-order valence-corrected chi connectivity index (χ2v) is 17.0. The summed E-state index contributed by atoms with van der Waals surface area (Å²) in [5, 5.41) is 29.8. The topological polar surface area (TPSA) is 147 Å². The van der Waals surface area contributed by atoms with Gasteiger partial charge in [0, 0.05) is 0 Å². The standard InChI is InChI=1S/C27H46O.C9H12NO6P/c1-18(2)7-6-8-19(3)23-11-12-24-22-10-9-20-17-21(28)13-15-26(20,4)25(22)14-16-27(23,24)5;11-7-3-1-6(2-4-7)5-8(9(12)13)10-17(14,15)16/h9,18-19,21-25,28H,6-8,10-17H2,1-5H3;1-4,8,11H,5H2,(H,12,13)(H3,10,14,15,16)/t19-,21+,22+,23-,24+,25+,26+,27-;/m1./s1. The highest BCUT2D eigenvalue weighted by Crippen LogP contribution is 2.67. The Morgan fingerprint density at radius 3 is 2.31 bits per heavy atom. The molecular weight excluding hydrogens is 589 g/mol. The lowest BCUT2D eigenvalue weighted by Gasteiger charge is -2.58. The summed E-state index contributed by atoms with van der Waals surface area (Å²) >= 11 is 0. The summed E-state index contributed by atoms with van der Waals surface area (Å²) < 4.78 is 10.7. The quantitative estimate of drug-likeness (QED) is 0.113. The number of phenolic OH excluding ortho intramolecular Hbond substituents is 1. The maximum absolute atomic E-state index is 10.8. The van der Waals surface area contributed by atoms with Crippen LogP contribution < -0.4 is 5.09 Å². The monoisotopic (exact) mass is 647 g/mol. The number of carboxylic acids is 1. The van der Waals surface area contributed by atoms with E-state index < -0.39 is 19.8 Å². The van der Waals surface area contributed by atoms with E-state index >= 15 is 0 Å². The molecule has 8 nitrogen and oxygen atoms in total. The van der Waals surface area contributed by atoms with Crippen molar-refractivity contribution < 1.29 is 34.5 Å². The number of carbonyl (C=O) groups is 1. The molecule has 3 saturated carbocycles. The van der Waals surface area contributed by atoms with Gasteiger partial charge in [-0.15, -0.1) is 0 Å². The highest BCUT2D eigenvalue weighted by Gasteiger charge is 2.59. The molecule has 0 aromatic heterocycles. The van der Waals surface area contributed by atoms with E-state index in [9.17, 15) is 14.5 Å². The Labute approximate surface area is 270 Å². The average Bonchev–Trinajstić information content (AvgIpc) is 3.31. The smallest absolute Gasteiger partial charge is 0.401 e. The van der Waals surface area contributed by atoms with Gasteiger partial charge in [0.05, 0.1) is 6.10 Å². The lowest BCUT2D eigenvalue weighted by Crippen LogP contribution is -2.50. The zero-order chi connectivity index (χ0) is 33.2. The molecule has 0 aliphatic heterocycles. The first kappa shape index (κ1) is 36.1. The van der Waals surface area contributed by atoms with Crippen LogP contribution in [0.2, 0.25) is 0 Å². The lowest BCUT2D eigenvalue weighted by atomic mass is 9.47. The van der Waals surface area contributed by atoms with Crippen molar-refractivity contribution in [3.8, 4) is 5.75 Å². The molecule has 1 unspecified atom stereocenters. The van der Waals surface area contributed by atoms with E-state index in [1.807, 2.05) is 0 Å². The molecule has 9 atom stereocenters. The van der Waals surface area contributed by atoms with Crippen molar-refractivity contribution in [3.05, 3.63) is 41.5 Å². The molecule has 5 rings (SSSR count). The van der Waals surface area contributed by atoms with Crippen LogP contribution in [0.15, 0.2) is 35.9 Å². The second-order valence-electron chi connectivity index (χ2n) is 15.6. The van der Waals surface area contributed by atoms with E-state index in [-0.39, 0.29) is 18.3 Å². The number of aromatic hydroxyl groups is 1. The van der Waals surface area contributed by atoms with Crippen LogP contribution in [-0.4, -0.2) is 43.2 Å². The molecule has 1 aromatic rings. The second kappa shape index (κ2) is 14.6. The molecule has 254 valence electrons. The molecule has 6 N–H and O–H groups in total. The maximum atomic E-state index is 10.8. The summed E-state index contributed by atoms with van der Waals surface area (Å²) in [5.74, 6) is 4.13. The summed E-state index contributed by atoms with van der Waals surface area (Å²) in [6.45, 7) is 12.6. The van der Waals surface area contributed by atoms with Crippen molar-refractivity contribution in [3.63, 3.8) is 0 Å². The van der Waals surface area contributed by atoms with Gasteiger partial charge in [0.15, 0.2) is 0 Å². The Morgan fingerprint density at radius 2 is 1.69 bits per heavy atom. The minimum atomic E-state index is -4.60. The number of phenols is 1. The first-order chi connectivity index (χ1) is 21.0. The van der Waals surface area contributed by atoms with Gasteiger partial charge in [-0.2, -0.15) is 0 Å². The fourth-order valence-electron chi connectivity index (χ4n) is 9.93. The summed E-state index contributed by atoms with van der Waals surface area (Å²) in [4.78, 5) is 28.1. The van der Waals surface area contributed by atoms with Gasteiger partial charge in [0.1, 0.15) is 11.8 Å². The van der Waals surface area contributed by atoms with Crippen molar-refractivity contribution in [1.29, 1.82) is 0 Å². The van der Waals surface area contributed by atoms with Crippen molar-refractivity contribution in [2.45, 2.75) is 124 Å². The van der Waals surface area contributed by atoms with Crippen LogP contribution in [0.25, 0.3) is 0 Å². The minimum Gasteiger partial charge on any atom is -0.508 e. The average molecular weight is 648 g/mol. The van der Waals surface area contributed by atoms with Gasteiger partial charge in [-0.3, -0.25) is 4.79 Å². The van der Waals surface area contributed by atoms with Crippen molar-refractivity contribution >= 4 is 13.7 Å². The summed E-state index contributed by atoms with van der Waals surface area (Å²) in [6.07, 6.45) is 17.1. The summed E-state index contributed by atoms with van der Waals surface area (Å²) in [5.41, 5.74) is 3.14. The van der Waals surface area contributed by atoms with Crippen LogP contribution in [0.3, 0.4) is 0 Å². The van der Waals surface area contributed by atoms with Gasteiger partial charge in [-0.25, -0.2) is 9.65 Å². The van der Waals surface area contributed by atoms with Gasteiger partial charge in [0.2, 0.25) is 0 Å². The molecule has 45 heavy (non-hydrogen) atoms. The summed E-state index contributed by atoms with van der Waals surface area (Å²) in [7, 11) is -4.60. The Hall–Kier alpha value is -1.70. The van der Waals surface area contributed by atoms with Crippen LogP contribution in [0, 0.1) is 46.3 Å². The molecule has 1 aromatic carbocycles. The van der Waals surface area contributed by atoms with Gasteiger partial charge in [-0.1, -0.05) is 77.7 Å². The molecule has 4 aliphatic rings. The molecule has 3 fully saturated rings. The molecule has 0 heterocycles. The number of fused-ring (bicyclic) bond motifs is 5. The van der Waals surface area contributed by atoms with Crippen LogP contribution >= 0.6 is 7.75 Å². The largest absolute Gasteiger partial charge is 0.508 e. The highest BCUT2D eigenvalue weighted by molar-refractivity contribution is 7.49. The fourth-order valence-corrected chi connectivity index (χ4v) is 10.5. The van der Waals surface area contributed by atoms with Crippen LogP contribution in [0.4, 0.5) is 0 Å². The number of aliphatic hydroxyl groups is 1.